The maximum Gasteiger partial charge on any atom is 0.0950 e. The zero-order valence-electron chi connectivity index (χ0n) is 10.6. The molecule has 2 atom stereocenters. The van der Waals surface area contributed by atoms with Crippen LogP contribution in [0.25, 0.3) is 0 Å². The highest BCUT2D eigenvalue weighted by Crippen LogP contribution is 2.21. The summed E-state index contributed by atoms with van der Waals surface area (Å²) in [5.41, 5.74) is 7.06. The van der Waals surface area contributed by atoms with Crippen LogP contribution in [0, 0.1) is 5.92 Å². The molecule has 2 N–H and O–H groups in total. The SMILES string of the molecule is CCC(C)CN(CC)C(CN)c1ccoc1. The van der Waals surface area contributed by atoms with Crippen molar-refractivity contribution in [3.05, 3.63) is 24.2 Å². The van der Waals surface area contributed by atoms with Gasteiger partial charge in [0.25, 0.3) is 0 Å². The van der Waals surface area contributed by atoms with Crippen LogP contribution < -0.4 is 5.73 Å². The summed E-state index contributed by atoms with van der Waals surface area (Å²) in [6.07, 6.45) is 4.73. The molecule has 92 valence electrons. The minimum Gasteiger partial charge on any atom is -0.472 e. The minimum absolute atomic E-state index is 0.290. The summed E-state index contributed by atoms with van der Waals surface area (Å²) in [4.78, 5) is 2.43. The summed E-state index contributed by atoms with van der Waals surface area (Å²) in [7, 11) is 0. The Kier molecular flexibility index (Phi) is 5.56. The van der Waals surface area contributed by atoms with Crippen LogP contribution in [0.1, 0.15) is 38.8 Å². The fourth-order valence-electron chi connectivity index (χ4n) is 1.97. The molecule has 0 aliphatic carbocycles. The Morgan fingerprint density at radius 1 is 1.44 bits per heavy atom. The molecule has 0 saturated carbocycles. The number of furan rings is 1. The molecule has 3 nitrogen and oxygen atoms in total. The lowest BCUT2D eigenvalue weighted by molar-refractivity contribution is 0.181. The Bertz CT molecular complexity index is 271. The van der Waals surface area contributed by atoms with Crippen LogP contribution in [0.3, 0.4) is 0 Å². The van der Waals surface area contributed by atoms with Crippen molar-refractivity contribution < 1.29 is 4.42 Å². The summed E-state index contributed by atoms with van der Waals surface area (Å²) in [5.74, 6) is 0.709. The first-order valence-corrected chi connectivity index (χ1v) is 6.19. The van der Waals surface area contributed by atoms with E-state index in [0.29, 0.717) is 12.5 Å². The van der Waals surface area contributed by atoms with Gasteiger partial charge < -0.3 is 10.2 Å². The second-order valence-electron chi connectivity index (χ2n) is 4.41. The molecular formula is C13H24N2O. The fraction of sp³-hybridized carbons (Fsp3) is 0.692. The van der Waals surface area contributed by atoms with Crippen LogP contribution in [0.15, 0.2) is 23.0 Å². The second kappa shape index (κ2) is 6.71. The fourth-order valence-corrected chi connectivity index (χ4v) is 1.97. The van der Waals surface area contributed by atoms with E-state index in [0.717, 1.165) is 13.1 Å². The van der Waals surface area contributed by atoms with Gasteiger partial charge in [-0.2, -0.15) is 0 Å². The highest BCUT2D eigenvalue weighted by Gasteiger charge is 2.19. The smallest absolute Gasteiger partial charge is 0.0950 e. The molecule has 3 heteroatoms. The van der Waals surface area contributed by atoms with Crippen molar-refractivity contribution >= 4 is 0 Å². The average Bonchev–Trinajstić information content (AvgIpc) is 2.82. The first-order valence-electron chi connectivity index (χ1n) is 6.19. The summed E-state index contributed by atoms with van der Waals surface area (Å²) in [6, 6.07) is 2.30. The number of hydrogen-bond donors (Lipinski definition) is 1. The second-order valence-corrected chi connectivity index (χ2v) is 4.41. The predicted octanol–water partition coefficient (Wildman–Crippen LogP) is 2.65. The van der Waals surface area contributed by atoms with Crippen LogP contribution in [0.2, 0.25) is 0 Å². The van der Waals surface area contributed by atoms with Gasteiger partial charge in [0, 0.05) is 18.7 Å². The number of likely N-dealkylation sites (N-methyl/N-ethyl adjacent to an activating group) is 1. The zero-order valence-corrected chi connectivity index (χ0v) is 10.6. The van der Waals surface area contributed by atoms with E-state index >= 15 is 0 Å². The first kappa shape index (κ1) is 13.3. The summed E-state index contributed by atoms with van der Waals surface area (Å²) >= 11 is 0. The van der Waals surface area contributed by atoms with Crippen LogP contribution >= 0.6 is 0 Å². The number of rotatable bonds is 7. The molecule has 0 radical (unpaired) electrons. The van der Waals surface area contributed by atoms with Gasteiger partial charge in [0.2, 0.25) is 0 Å². The highest BCUT2D eigenvalue weighted by atomic mass is 16.3. The van der Waals surface area contributed by atoms with Crippen molar-refractivity contribution in [2.24, 2.45) is 11.7 Å². The standard InChI is InChI=1S/C13H24N2O/c1-4-11(3)9-15(5-2)13(8-14)12-6-7-16-10-12/h6-7,10-11,13H,4-5,8-9,14H2,1-3H3. The Morgan fingerprint density at radius 3 is 2.62 bits per heavy atom. The Morgan fingerprint density at radius 2 is 2.19 bits per heavy atom. The van der Waals surface area contributed by atoms with Gasteiger partial charge >= 0.3 is 0 Å². The van der Waals surface area contributed by atoms with E-state index < -0.39 is 0 Å². The molecule has 1 heterocycles. The molecule has 0 amide bonds. The van der Waals surface area contributed by atoms with Crippen molar-refractivity contribution in [3.63, 3.8) is 0 Å². The molecule has 0 spiro atoms. The highest BCUT2D eigenvalue weighted by molar-refractivity contribution is 5.12. The van der Waals surface area contributed by atoms with Crippen LogP contribution in [0.5, 0.6) is 0 Å². The topological polar surface area (TPSA) is 42.4 Å². The van der Waals surface area contributed by atoms with E-state index in [1.807, 2.05) is 6.07 Å². The van der Waals surface area contributed by atoms with Crippen molar-refractivity contribution in [1.82, 2.24) is 4.90 Å². The Balaban J connectivity index is 2.68. The molecule has 0 saturated heterocycles. The van der Waals surface area contributed by atoms with Crippen LogP contribution in [0.4, 0.5) is 0 Å². The number of hydrogen-bond acceptors (Lipinski definition) is 3. The average molecular weight is 224 g/mol. The van der Waals surface area contributed by atoms with E-state index in [9.17, 15) is 0 Å². The van der Waals surface area contributed by atoms with Crippen molar-refractivity contribution in [3.8, 4) is 0 Å². The predicted molar refractivity (Wildman–Crippen MR) is 67.2 cm³/mol. The molecule has 1 aromatic rings. The molecule has 2 unspecified atom stereocenters. The van der Waals surface area contributed by atoms with Gasteiger partial charge in [-0.15, -0.1) is 0 Å². The van der Waals surface area contributed by atoms with Gasteiger partial charge in [0.15, 0.2) is 0 Å². The molecule has 0 fully saturated rings. The molecule has 0 aromatic carbocycles. The lowest BCUT2D eigenvalue weighted by Gasteiger charge is -2.31. The normalized spacial score (nSPS) is 15.3. The van der Waals surface area contributed by atoms with E-state index in [-0.39, 0.29) is 6.04 Å². The van der Waals surface area contributed by atoms with Gasteiger partial charge in [-0.3, -0.25) is 4.90 Å². The summed E-state index contributed by atoms with van der Waals surface area (Å²) < 4.78 is 5.14. The van der Waals surface area contributed by atoms with E-state index in [4.69, 9.17) is 10.2 Å². The monoisotopic (exact) mass is 224 g/mol. The quantitative estimate of drug-likeness (QED) is 0.774. The molecule has 0 aliphatic heterocycles. The first-order chi connectivity index (χ1) is 7.72. The maximum absolute atomic E-state index is 5.87. The van der Waals surface area contributed by atoms with Gasteiger partial charge in [-0.25, -0.2) is 0 Å². The molecule has 1 aromatic heterocycles. The van der Waals surface area contributed by atoms with Gasteiger partial charge in [-0.05, 0) is 18.5 Å². The summed E-state index contributed by atoms with van der Waals surface area (Å²) in [5, 5.41) is 0. The molecule has 0 aliphatic rings. The third-order valence-electron chi connectivity index (χ3n) is 3.24. The lowest BCUT2D eigenvalue weighted by Crippen LogP contribution is -2.36. The van der Waals surface area contributed by atoms with Crippen LogP contribution in [-0.4, -0.2) is 24.5 Å². The van der Waals surface area contributed by atoms with Gasteiger partial charge in [0.05, 0.1) is 18.6 Å². The van der Waals surface area contributed by atoms with E-state index in [1.165, 1.54) is 12.0 Å². The van der Waals surface area contributed by atoms with Gasteiger partial charge in [-0.1, -0.05) is 27.2 Å². The maximum atomic E-state index is 5.87. The molecule has 16 heavy (non-hydrogen) atoms. The van der Waals surface area contributed by atoms with Crippen molar-refractivity contribution in [2.75, 3.05) is 19.6 Å². The van der Waals surface area contributed by atoms with Crippen molar-refractivity contribution in [2.45, 2.75) is 33.2 Å². The lowest BCUT2D eigenvalue weighted by atomic mass is 10.0. The Hall–Kier alpha value is -0.800. The zero-order chi connectivity index (χ0) is 12.0. The Labute approximate surface area is 98.6 Å². The number of nitrogens with zero attached hydrogens (tertiary/aromatic N) is 1. The molecular weight excluding hydrogens is 200 g/mol. The van der Waals surface area contributed by atoms with Crippen LogP contribution in [-0.2, 0) is 0 Å². The van der Waals surface area contributed by atoms with Gasteiger partial charge in [0.1, 0.15) is 0 Å². The number of nitrogens with two attached hydrogens (primary N) is 1. The third-order valence-corrected chi connectivity index (χ3v) is 3.24. The van der Waals surface area contributed by atoms with E-state index in [1.54, 1.807) is 12.5 Å². The van der Waals surface area contributed by atoms with E-state index in [2.05, 4.69) is 25.7 Å². The third kappa shape index (κ3) is 3.35. The largest absolute Gasteiger partial charge is 0.472 e. The molecule has 1 rings (SSSR count). The minimum atomic E-state index is 0.290. The van der Waals surface area contributed by atoms with Crippen molar-refractivity contribution in [1.29, 1.82) is 0 Å². The molecule has 0 bridgehead atoms. The summed E-state index contributed by atoms with van der Waals surface area (Å²) in [6.45, 7) is 9.46.